The fourth-order valence-electron chi connectivity index (χ4n) is 2.53. The molecule has 17 heteroatoms. The second kappa shape index (κ2) is 40.3. The van der Waals surface area contributed by atoms with Gasteiger partial charge in [-0.15, -0.1) is 0 Å². The van der Waals surface area contributed by atoms with Crippen LogP contribution < -0.4 is 30.6 Å². The number of rotatable bonds is 21. The van der Waals surface area contributed by atoms with E-state index < -0.39 is 73.4 Å². The van der Waals surface area contributed by atoms with E-state index in [1.807, 2.05) is 0 Å². The zero-order chi connectivity index (χ0) is 36.2. The van der Waals surface area contributed by atoms with Crippen LogP contribution in [-0.4, -0.2) is 114 Å². The van der Waals surface area contributed by atoms with Crippen molar-refractivity contribution in [1.82, 2.24) is 0 Å². The van der Waals surface area contributed by atoms with Gasteiger partial charge >= 0.3 is 145 Å². The van der Waals surface area contributed by atoms with Gasteiger partial charge in [-0.05, 0) is 0 Å². The summed E-state index contributed by atoms with van der Waals surface area (Å²) in [5.41, 5.74) is 0. The number of hydrogen-bond donors (Lipinski definition) is 3. The SMILES string of the molecule is CCCCCCC[CH2][Sn+3].CCCCCCC[CH2][Sn+3].O=C([O-])CC(O)C(=O)[O-].O=C([O-])CC(O)C(=O)[O-].O=C([O-])CC(O)C(=O)[O-]. The van der Waals surface area contributed by atoms with Gasteiger partial charge in [-0.25, -0.2) is 0 Å². The van der Waals surface area contributed by atoms with Crippen molar-refractivity contribution in [3.05, 3.63) is 0 Å². The fourth-order valence-corrected chi connectivity index (χ4v) is 3.96. The molecule has 0 aliphatic heterocycles. The van der Waals surface area contributed by atoms with Crippen LogP contribution in [0.1, 0.15) is 110 Å². The molecular weight excluding hydrogens is 814 g/mol. The monoisotopic (exact) mass is 862 g/mol. The summed E-state index contributed by atoms with van der Waals surface area (Å²) in [6.07, 6.45) is 8.74. The van der Waals surface area contributed by atoms with Crippen molar-refractivity contribution in [2.45, 2.75) is 137 Å². The van der Waals surface area contributed by atoms with E-state index in [4.69, 9.17) is 15.3 Å². The molecule has 0 bridgehead atoms. The van der Waals surface area contributed by atoms with Crippen molar-refractivity contribution in [2.24, 2.45) is 0 Å². The third-order valence-corrected chi connectivity index (χ3v) is 6.98. The third-order valence-electron chi connectivity index (χ3n) is 4.96. The Bertz CT molecular complexity index is 664. The Labute approximate surface area is 291 Å². The second-order valence-electron chi connectivity index (χ2n) is 9.27. The molecule has 0 aliphatic rings. The van der Waals surface area contributed by atoms with Gasteiger partial charge in [-0.2, -0.15) is 0 Å². The summed E-state index contributed by atoms with van der Waals surface area (Å²) in [5.74, 6) is -10.3. The van der Waals surface area contributed by atoms with E-state index in [1.165, 1.54) is 85.9 Å². The molecule has 0 aromatic carbocycles. The summed E-state index contributed by atoms with van der Waals surface area (Å²) >= 11 is 3.42. The van der Waals surface area contributed by atoms with Gasteiger partial charge < -0.3 is 74.7 Å². The molecular formula is C28H46O15Sn2. The van der Waals surface area contributed by atoms with E-state index in [0.29, 0.717) is 0 Å². The number of carboxylic acids is 6. The minimum Gasteiger partial charge on any atom is -0.550 e. The molecule has 0 saturated carbocycles. The van der Waals surface area contributed by atoms with Crippen molar-refractivity contribution in [3.8, 4) is 0 Å². The maximum Gasteiger partial charge on any atom is 0.0985 e. The van der Waals surface area contributed by atoms with E-state index in [0.717, 1.165) is 0 Å². The molecule has 0 rings (SSSR count). The van der Waals surface area contributed by atoms with Crippen molar-refractivity contribution in [2.75, 3.05) is 0 Å². The van der Waals surface area contributed by atoms with Crippen LogP contribution in [-0.2, 0) is 28.8 Å². The fraction of sp³-hybridized carbons (Fsp3) is 0.786. The molecule has 45 heavy (non-hydrogen) atoms. The van der Waals surface area contributed by atoms with Crippen LogP contribution in [0.4, 0.5) is 0 Å². The van der Waals surface area contributed by atoms with Gasteiger partial charge in [0.1, 0.15) is 0 Å². The number of hydrogen-bond acceptors (Lipinski definition) is 15. The van der Waals surface area contributed by atoms with Crippen LogP contribution in [0.25, 0.3) is 0 Å². The zero-order valence-corrected chi connectivity index (χ0v) is 31.7. The third kappa shape index (κ3) is 58.4. The van der Waals surface area contributed by atoms with Gasteiger partial charge in [0, 0.05) is 37.2 Å². The first-order chi connectivity index (χ1) is 20.9. The van der Waals surface area contributed by atoms with Crippen LogP contribution in [0.2, 0.25) is 8.87 Å². The van der Waals surface area contributed by atoms with Crippen LogP contribution >= 0.6 is 0 Å². The first kappa shape index (κ1) is 52.8. The molecule has 15 nitrogen and oxygen atoms in total. The molecule has 0 fully saturated rings. The molecule has 3 N–H and O–H groups in total. The van der Waals surface area contributed by atoms with Crippen molar-refractivity contribution in [3.63, 3.8) is 0 Å². The molecule has 0 amide bonds. The predicted octanol–water partition coefficient (Wildman–Crippen LogP) is -5.42. The molecule has 3 unspecified atom stereocenters. The Balaban J connectivity index is -0.000000148. The van der Waals surface area contributed by atoms with E-state index in [1.54, 1.807) is 45.0 Å². The van der Waals surface area contributed by atoms with Crippen LogP contribution in [0, 0.1) is 0 Å². The Hall–Kier alpha value is -1.70. The summed E-state index contributed by atoms with van der Waals surface area (Å²) < 4.78 is 2.91. The largest absolute Gasteiger partial charge is 0.550 e. The van der Waals surface area contributed by atoms with Crippen molar-refractivity contribution in [1.29, 1.82) is 0 Å². The quantitative estimate of drug-likeness (QED) is 0.0717. The van der Waals surface area contributed by atoms with E-state index in [9.17, 15) is 59.4 Å². The van der Waals surface area contributed by atoms with E-state index in [-0.39, 0.29) is 0 Å². The van der Waals surface area contributed by atoms with Gasteiger partial charge in [-0.1, -0.05) is 0 Å². The number of aliphatic hydroxyl groups is 3. The number of carbonyl (C=O) groups excluding carboxylic acids is 6. The topological polar surface area (TPSA) is 301 Å². The molecule has 0 heterocycles. The number of aliphatic carboxylic acids is 6. The number of carboxylic acid groups (broad SMARTS) is 6. The van der Waals surface area contributed by atoms with Gasteiger partial charge in [0.05, 0.1) is 36.2 Å². The van der Waals surface area contributed by atoms with Crippen molar-refractivity contribution < 1.29 is 74.7 Å². The molecule has 256 valence electrons. The Kier molecular flexibility index (Phi) is 47.3. The maximum atomic E-state index is 9.58. The van der Waals surface area contributed by atoms with Gasteiger partial charge in [0.2, 0.25) is 0 Å². The summed E-state index contributed by atoms with van der Waals surface area (Å²) in [4.78, 5) is 57.4. The maximum absolute atomic E-state index is 9.58. The summed E-state index contributed by atoms with van der Waals surface area (Å²) in [6, 6.07) is 0. The van der Waals surface area contributed by atoms with Gasteiger partial charge in [0.15, 0.2) is 0 Å². The first-order valence-electron chi connectivity index (χ1n) is 14.5. The molecule has 0 spiro atoms. The Morgan fingerprint density at radius 2 is 0.644 bits per heavy atom. The summed E-state index contributed by atoms with van der Waals surface area (Å²) in [7, 11) is 0. The standard InChI is InChI=1S/2C8H17.3C4H6O5.2Sn/c2*1-3-5-7-8-6-4-2;3*5-2(4(8)9)1-3(6)7;;/h2*1,3-8H2,2H3;3*2,5H,1H2,(H,6,7)(H,8,9);;/q;;;;;2*+3/p-6. The molecule has 3 atom stereocenters. The van der Waals surface area contributed by atoms with E-state index >= 15 is 0 Å². The molecule has 0 aromatic rings. The van der Waals surface area contributed by atoms with Crippen molar-refractivity contribution >= 4 is 80.9 Å². The normalized spacial score (nSPS) is 11.6. The second-order valence-corrected chi connectivity index (χ2v) is 12.1. The molecule has 0 aromatic heterocycles. The summed E-state index contributed by atoms with van der Waals surface area (Å²) in [5, 5.41) is 82.0. The average molecular weight is 860 g/mol. The smallest absolute Gasteiger partial charge is 0.0985 e. The average Bonchev–Trinajstić information content (AvgIpc) is 2.93. The van der Waals surface area contributed by atoms with Crippen LogP contribution in [0.3, 0.4) is 0 Å². The van der Waals surface area contributed by atoms with Gasteiger partial charge in [-0.3, -0.25) is 0 Å². The molecule has 0 aliphatic carbocycles. The number of carbonyl (C=O) groups is 6. The molecule has 0 radical (unpaired) electrons. The van der Waals surface area contributed by atoms with E-state index in [2.05, 4.69) is 13.8 Å². The Morgan fingerprint density at radius 3 is 0.778 bits per heavy atom. The zero-order valence-electron chi connectivity index (χ0n) is 26.0. The number of unbranched alkanes of at least 4 members (excludes halogenated alkanes) is 10. The molecule has 0 saturated heterocycles. The number of aliphatic hydroxyl groups excluding tert-OH is 3. The first-order valence-corrected chi connectivity index (χ1v) is 18.5. The minimum atomic E-state index is -1.96. The van der Waals surface area contributed by atoms with Crippen LogP contribution in [0.5, 0.6) is 0 Å². The van der Waals surface area contributed by atoms with Crippen LogP contribution in [0.15, 0.2) is 0 Å². The minimum absolute atomic E-state index is 0.928. The Morgan fingerprint density at radius 1 is 0.444 bits per heavy atom. The van der Waals surface area contributed by atoms with Gasteiger partial charge in [0.25, 0.3) is 0 Å². The summed E-state index contributed by atoms with van der Waals surface area (Å²) in [6.45, 7) is 4.54. The predicted molar refractivity (Wildman–Crippen MR) is 150 cm³/mol.